The van der Waals surface area contributed by atoms with E-state index in [-0.39, 0.29) is 23.3 Å². The number of amidine groups is 1. The molecule has 1 saturated heterocycles. The van der Waals surface area contributed by atoms with Gasteiger partial charge < -0.3 is 19.6 Å². The van der Waals surface area contributed by atoms with Crippen LogP contribution < -0.4 is 9.80 Å². The van der Waals surface area contributed by atoms with Crippen molar-refractivity contribution in [2.24, 2.45) is 4.99 Å². The van der Waals surface area contributed by atoms with Gasteiger partial charge in [0, 0.05) is 33.2 Å². The number of halogens is 1. The monoisotopic (exact) mass is 358 g/mol. The molecule has 8 heteroatoms. The Labute approximate surface area is 152 Å². The molecule has 3 aliphatic rings. The average Bonchev–Trinajstić information content (AvgIpc) is 2.66. The fourth-order valence-electron chi connectivity index (χ4n) is 4.17. The number of pyridine rings is 1. The van der Waals surface area contributed by atoms with Crippen molar-refractivity contribution in [3.63, 3.8) is 0 Å². The fourth-order valence-corrected chi connectivity index (χ4v) is 4.17. The lowest BCUT2D eigenvalue weighted by atomic mass is 10.0. The normalized spacial score (nSPS) is 25.8. The molecule has 2 unspecified atom stereocenters. The first kappa shape index (κ1) is 17.0. The Morgan fingerprint density at radius 3 is 2.58 bits per heavy atom. The highest BCUT2D eigenvalue weighted by atomic mass is 19.1. The van der Waals surface area contributed by atoms with Crippen LogP contribution in [0.1, 0.15) is 18.2 Å². The molecular weight excluding hydrogens is 335 g/mol. The number of hydrogen-bond acceptors (Lipinski definition) is 6. The van der Waals surface area contributed by atoms with Crippen molar-refractivity contribution in [1.29, 1.82) is 0 Å². The minimum atomic E-state index is -0.478. The van der Waals surface area contributed by atoms with Gasteiger partial charge in [-0.1, -0.05) is 6.58 Å². The second-order valence-electron chi connectivity index (χ2n) is 7.36. The van der Waals surface area contributed by atoms with Crippen LogP contribution in [-0.4, -0.2) is 72.8 Å². The summed E-state index contributed by atoms with van der Waals surface area (Å²) in [6.45, 7) is 9.04. The summed E-state index contributed by atoms with van der Waals surface area (Å²) in [7, 11) is 5.43. The van der Waals surface area contributed by atoms with Crippen LogP contribution in [0, 0.1) is 12.7 Å². The standard InChI is InChI=1S/C18H23FN6O/c1-9-7-22(4)8-12-18(26)24(6)15-13-16(20-10(2)14(15)19)23(5)11(3)21-17(13)25(9)12/h9,12H,3,7-8H2,1-2,4-6H3. The third-order valence-corrected chi connectivity index (χ3v) is 5.49. The maximum absolute atomic E-state index is 15.1. The highest BCUT2D eigenvalue weighted by Gasteiger charge is 2.46. The number of anilines is 2. The first-order valence-corrected chi connectivity index (χ1v) is 8.68. The smallest absolute Gasteiger partial charge is 0.250 e. The number of nitrogens with zero attached hydrogens (tertiary/aromatic N) is 6. The van der Waals surface area contributed by atoms with Crippen molar-refractivity contribution in [2.45, 2.75) is 25.9 Å². The molecular formula is C18H23FN6O. The minimum absolute atomic E-state index is 0.0502. The summed E-state index contributed by atoms with van der Waals surface area (Å²) in [6, 6.07) is -0.377. The number of aromatic nitrogens is 1. The van der Waals surface area contributed by atoms with Gasteiger partial charge in [0.25, 0.3) is 5.91 Å². The summed E-state index contributed by atoms with van der Waals surface area (Å²) in [6.07, 6.45) is 0. The SMILES string of the molecule is C=C1N=C2c3c(nc(C)c(F)c3N(C)C(=O)C3CN(C)CC(C)N23)N1C. The lowest BCUT2D eigenvalue weighted by Gasteiger charge is -2.45. The van der Waals surface area contributed by atoms with Crippen LogP contribution in [0.5, 0.6) is 0 Å². The predicted molar refractivity (Wildman–Crippen MR) is 99.0 cm³/mol. The third-order valence-electron chi connectivity index (χ3n) is 5.49. The number of aliphatic imine (C=N–C) groups is 1. The minimum Gasteiger partial charge on any atom is -0.339 e. The van der Waals surface area contributed by atoms with Crippen LogP contribution in [0.25, 0.3) is 0 Å². The summed E-state index contributed by atoms with van der Waals surface area (Å²) in [4.78, 5) is 29.7. The van der Waals surface area contributed by atoms with Crippen molar-refractivity contribution in [2.75, 3.05) is 44.0 Å². The molecule has 138 valence electrons. The summed E-state index contributed by atoms with van der Waals surface area (Å²) in [5.74, 6) is 1.08. The van der Waals surface area contributed by atoms with E-state index < -0.39 is 11.9 Å². The highest BCUT2D eigenvalue weighted by Crippen LogP contribution is 2.41. The van der Waals surface area contributed by atoms with E-state index in [4.69, 9.17) is 0 Å². The Hall–Kier alpha value is -2.48. The van der Waals surface area contributed by atoms with Gasteiger partial charge in [-0.15, -0.1) is 0 Å². The molecule has 1 amide bonds. The summed E-state index contributed by atoms with van der Waals surface area (Å²) < 4.78 is 15.1. The third kappa shape index (κ3) is 2.11. The van der Waals surface area contributed by atoms with Gasteiger partial charge in [0.05, 0.1) is 16.9 Å². The molecule has 2 atom stereocenters. The lowest BCUT2D eigenvalue weighted by Crippen LogP contribution is -2.62. The Morgan fingerprint density at radius 2 is 1.88 bits per heavy atom. The molecule has 26 heavy (non-hydrogen) atoms. The van der Waals surface area contributed by atoms with Crippen LogP contribution in [-0.2, 0) is 4.79 Å². The molecule has 0 bridgehead atoms. The van der Waals surface area contributed by atoms with Gasteiger partial charge in [0.1, 0.15) is 23.5 Å². The quantitative estimate of drug-likeness (QED) is 0.697. The Kier molecular flexibility index (Phi) is 3.59. The molecule has 0 radical (unpaired) electrons. The van der Waals surface area contributed by atoms with Gasteiger partial charge in [0.2, 0.25) is 0 Å². The lowest BCUT2D eigenvalue weighted by molar-refractivity contribution is -0.124. The molecule has 1 fully saturated rings. The Morgan fingerprint density at radius 1 is 1.19 bits per heavy atom. The van der Waals surface area contributed by atoms with Crippen LogP contribution in [0.4, 0.5) is 15.9 Å². The Balaban J connectivity index is 2.06. The average molecular weight is 358 g/mol. The molecule has 1 aromatic rings. The number of carbonyl (C=O) groups is 1. The van der Waals surface area contributed by atoms with Gasteiger partial charge >= 0.3 is 0 Å². The van der Waals surface area contributed by atoms with E-state index in [2.05, 4.69) is 28.4 Å². The van der Waals surface area contributed by atoms with Gasteiger partial charge in [0.15, 0.2) is 5.82 Å². The number of likely N-dealkylation sites (N-methyl/N-ethyl adjacent to an activating group) is 2. The largest absolute Gasteiger partial charge is 0.339 e. The first-order valence-electron chi connectivity index (χ1n) is 8.68. The molecule has 7 nitrogen and oxygen atoms in total. The van der Waals surface area contributed by atoms with Gasteiger partial charge in [-0.25, -0.2) is 14.4 Å². The van der Waals surface area contributed by atoms with E-state index in [1.54, 1.807) is 25.9 Å². The maximum atomic E-state index is 15.1. The molecule has 0 N–H and O–H groups in total. The van der Waals surface area contributed by atoms with Crippen molar-refractivity contribution >= 4 is 23.2 Å². The van der Waals surface area contributed by atoms with Crippen molar-refractivity contribution in [1.82, 2.24) is 14.8 Å². The van der Waals surface area contributed by atoms with Crippen molar-refractivity contribution in [3.8, 4) is 0 Å². The second-order valence-corrected chi connectivity index (χ2v) is 7.36. The zero-order chi connectivity index (χ0) is 18.9. The van der Waals surface area contributed by atoms with E-state index in [1.807, 2.05) is 11.9 Å². The molecule has 0 saturated carbocycles. The fraction of sp³-hybridized carbons (Fsp3) is 0.500. The molecule has 3 aliphatic heterocycles. The number of fused-ring (bicyclic) bond motifs is 2. The number of rotatable bonds is 0. The van der Waals surface area contributed by atoms with Gasteiger partial charge in [-0.05, 0) is 20.9 Å². The van der Waals surface area contributed by atoms with Crippen LogP contribution >= 0.6 is 0 Å². The second kappa shape index (κ2) is 5.51. The molecule has 4 rings (SSSR count). The highest BCUT2D eigenvalue weighted by molar-refractivity contribution is 6.17. The molecule has 0 spiro atoms. The zero-order valence-corrected chi connectivity index (χ0v) is 15.7. The van der Waals surface area contributed by atoms with Gasteiger partial charge in [-0.2, -0.15) is 0 Å². The van der Waals surface area contributed by atoms with E-state index in [9.17, 15) is 4.79 Å². The van der Waals surface area contributed by atoms with Crippen molar-refractivity contribution < 1.29 is 9.18 Å². The van der Waals surface area contributed by atoms with E-state index in [1.165, 1.54) is 4.90 Å². The van der Waals surface area contributed by atoms with E-state index in [0.29, 0.717) is 29.6 Å². The summed E-state index contributed by atoms with van der Waals surface area (Å²) in [5.41, 5.74) is 1.07. The van der Waals surface area contributed by atoms with Crippen LogP contribution in [0.2, 0.25) is 0 Å². The predicted octanol–water partition coefficient (Wildman–Crippen LogP) is 1.18. The van der Waals surface area contributed by atoms with Crippen LogP contribution in [0.3, 0.4) is 0 Å². The summed E-state index contributed by atoms with van der Waals surface area (Å²) in [5, 5.41) is 0. The molecule has 0 aromatic carbocycles. The first-order chi connectivity index (χ1) is 12.2. The van der Waals surface area contributed by atoms with E-state index >= 15 is 4.39 Å². The topological polar surface area (TPSA) is 55.3 Å². The number of hydrogen-bond donors (Lipinski definition) is 0. The number of carbonyl (C=O) groups excluding carboxylic acids is 1. The zero-order valence-electron chi connectivity index (χ0n) is 15.7. The molecule has 4 heterocycles. The molecule has 0 aliphatic carbocycles. The Bertz CT molecular complexity index is 866. The number of piperazine rings is 1. The number of aryl methyl sites for hydroxylation is 1. The maximum Gasteiger partial charge on any atom is 0.250 e. The number of amides is 1. The molecule has 1 aromatic heterocycles. The van der Waals surface area contributed by atoms with Gasteiger partial charge in [-0.3, -0.25) is 4.79 Å². The van der Waals surface area contributed by atoms with Crippen LogP contribution in [0.15, 0.2) is 17.4 Å². The summed E-state index contributed by atoms with van der Waals surface area (Å²) >= 11 is 0. The van der Waals surface area contributed by atoms with Crippen molar-refractivity contribution in [3.05, 3.63) is 29.5 Å². The van der Waals surface area contributed by atoms with E-state index in [0.717, 1.165) is 6.54 Å².